The van der Waals surface area contributed by atoms with E-state index in [-0.39, 0.29) is 17.8 Å². The summed E-state index contributed by atoms with van der Waals surface area (Å²) < 4.78 is 13.1. The van der Waals surface area contributed by atoms with Gasteiger partial charge in [0.25, 0.3) is 0 Å². The first-order valence-corrected chi connectivity index (χ1v) is 11.2. The molecule has 0 spiro atoms. The van der Waals surface area contributed by atoms with E-state index in [9.17, 15) is 4.79 Å². The lowest BCUT2D eigenvalue weighted by molar-refractivity contribution is -0.113. The number of nitrogens with one attached hydrogen (secondary N) is 1. The van der Waals surface area contributed by atoms with Crippen molar-refractivity contribution >= 4 is 34.7 Å². The molecule has 1 aromatic carbocycles. The lowest BCUT2D eigenvalue weighted by Crippen LogP contribution is -2.18. The van der Waals surface area contributed by atoms with E-state index in [2.05, 4.69) is 20.1 Å². The number of hydrogen-bond acceptors (Lipinski definition) is 7. The van der Waals surface area contributed by atoms with E-state index in [1.54, 1.807) is 24.5 Å². The third kappa shape index (κ3) is 4.98. The fourth-order valence-electron chi connectivity index (χ4n) is 3.17. The van der Waals surface area contributed by atoms with Crippen LogP contribution in [0.25, 0.3) is 10.7 Å². The standard InChI is InChI=1S/C20H22N4O3S2/c1-26-15-6-2-5-14(11-15)21-18(25)13-29-20-23-22-19(17-8-4-10-28-17)24(20)12-16-7-3-9-27-16/h2,4-6,8,10-11,16H,3,7,9,12-13H2,1H3,(H,21,25). The van der Waals surface area contributed by atoms with Crippen molar-refractivity contribution in [1.82, 2.24) is 14.8 Å². The molecule has 1 N–H and O–H groups in total. The van der Waals surface area contributed by atoms with Crippen molar-refractivity contribution in [1.29, 1.82) is 0 Å². The van der Waals surface area contributed by atoms with Gasteiger partial charge in [0, 0.05) is 18.4 Å². The van der Waals surface area contributed by atoms with E-state index in [1.165, 1.54) is 11.8 Å². The molecule has 1 saturated heterocycles. The Morgan fingerprint density at radius 1 is 1.38 bits per heavy atom. The van der Waals surface area contributed by atoms with Gasteiger partial charge >= 0.3 is 0 Å². The third-order valence-electron chi connectivity index (χ3n) is 4.55. The van der Waals surface area contributed by atoms with Crippen LogP contribution < -0.4 is 10.1 Å². The number of rotatable bonds is 8. The minimum Gasteiger partial charge on any atom is -0.497 e. The summed E-state index contributed by atoms with van der Waals surface area (Å²) in [5.41, 5.74) is 0.704. The molecule has 3 heterocycles. The lowest BCUT2D eigenvalue weighted by Gasteiger charge is -2.14. The first kappa shape index (κ1) is 19.9. The topological polar surface area (TPSA) is 78.3 Å². The maximum atomic E-state index is 12.4. The van der Waals surface area contributed by atoms with Crippen LogP contribution in [0.1, 0.15) is 12.8 Å². The van der Waals surface area contributed by atoms with E-state index < -0.39 is 0 Å². The first-order valence-electron chi connectivity index (χ1n) is 9.38. The van der Waals surface area contributed by atoms with Crippen molar-refractivity contribution < 1.29 is 14.3 Å². The summed E-state index contributed by atoms with van der Waals surface area (Å²) in [5, 5.41) is 14.4. The number of thiophene rings is 1. The second-order valence-electron chi connectivity index (χ2n) is 6.60. The molecule has 29 heavy (non-hydrogen) atoms. The zero-order valence-electron chi connectivity index (χ0n) is 16.0. The van der Waals surface area contributed by atoms with Crippen LogP contribution in [0.3, 0.4) is 0 Å². The van der Waals surface area contributed by atoms with Crippen LogP contribution in [0.15, 0.2) is 46.9 Å². The number of nitrogens with zero attached hydrogens (tertiary/aromatic N) is 3. The van der Waals surface area contributed by atoms with Gasteiger partial charge in [-0.05, 0) is 36.4 Å². The minimum absolute atomic E-state index is 0.104. The van der Waals surface area contributed by atoms with Crippen LogP contribution in [-0.2, 0) is 16.1 Å². The highest BCUT2D eigenvalue weighted by molar-refractivity contribution is 7.99. The number of thioether (sulfide) groups is 1. The SMILES string of the molecule is COc1cccc(NC(=O)CSc2nnc(-c3cccs3)n2CC2CCCO2)c1. The number of hydrogen-bond donors (Lipinski definition) is 1. The summed E-state index contributed by atoms with van der Waals surface area (Å²) in [4.78, 5) is 13.5. The summed E-state index contributed by atoms with van der Waals surface area (Å²) in [6.45, 7) is 1.49. The van der Waals surface area contributed by atoms with Crippen LogP contribution in [-0.4, -0.2) is 46.2 Å². The highest BCUT2D eigenvalue weighted by atomic mass is 32.2. The first-order chi connectivity index (χ1) is 14.2. The molecule has 0 bridgehead atoms. The predicted molar refractivity (Wildman–Crippen MR) is 115 cm³/mol. The average molecular weight is 431 g/mol. The Labute approximate surface area is 177 Å². The Kier molecular flexibility index (Phi) is 6.48. The molecule has 1 fully saturated rings. The quantitative estimate of drug-likeness (QED) is 0.546. The van der Waals surface area contributed by atoms with Gasteiger partial charge in [0.2, 0.25) is 5.91 Å². The number of amides is 1. The highest BCUT2D eigenvalue weighted by Gasteiger charge is 2.22. The largest absolute Gasteiger partial charge is 0.497 e. The zero-order valence-corrected chi connectivity index (χ0v) is 17.7. The number of methoxy groups -OCH3 is 1. The molecule has 4 rings (SSSR count). The van der Waals surface area contributed by atoms with Gasteiger partial charge in [0.15, 0.2) is 11.0 Å². The van der Waals surface area contributed by atoms with Crippen molar-refractivity contribution in [2.24, 2.45) is 0 Å². The molecule has 0 saturated carbocycles. The molecule has 3 aromatic rings. The van der Waals surface area contributed by atoms with Gasteiger partial charge in [-0.15, -0.1) is 21.5 Å². The Morgan fingerprint density at radius 3 is 3.07 bits per heavy atom. The number of carbonyl (C=O) groups excluding carboxylic acids is 1. The summed E-state index contributed by atoms with van der Waals surface area (Å²) >= 11 is 3.01. The normalized spacial score (nSPS) is 16.1. The fraction of sp³-hybridized carbons (Fsp3) is 0.350. The average Bonchev–Trinajstić information content (AvgIpc) is 3.49. The van der Waals surface area contributed by atoms with E-state index in [4.69, 9.17) is 9.47 Å². The Bertz CT molecular complexity index is 953. The van der Waals surface area contributed by atoms with Crippen molar-refractivity contribution in [2.75, 3.05) is 24.8 Å². The van der Waals surface area contributed by atoms with Gasteiger partial charge in [0.05, 0.1) is 30.4 Å². The summed E-state index contributed by atoms with van der Waals surface area (Å²) in [5.74, 6) is 1.66. The van der Waals surface area contributed by atoms with Crippen molar-refractivity contribution in [3.05, 3.63) is 41.8 Å². The Balaban J connectivity index is 1.45. The second-order valence-corrected chi connectivity index (χ2v) is 8.49. The number of carbonyl (C=O) groups is 1. The molecule has 1 unspecified atom stereocenters. The monoisotopic (exact) mass is 430 g/mol. The molecule has 152 valence electrons. The van der Waals surface area contributed by atoms with Crippen LogP contribution >= 0.6 is 23.1 Å². The number of ether oxygens (including phenoxy) is 2. The van der Waals surface area contributed by atoms with Crippen molar-refractivity contribution in [3.8, 4) is 16.5 Å². The van der Waals surface area contributed by atoms with Crippen LogP contribution in [0.5, 0.6) is 5.75 Å². The van der Waals surface area contributed by atoms with Gasteiger partial charge in [-0.25, -0.2) is 0 Å². The summed E-state index contributed by atoms with van der Waals surface area (Å²) in [6.07, 6.45) is 2.27. The van der Waals surface area contributed by atoms with Gasteiger partial charge in [-0.2, -0.15) is 0 Å². The maximum absolute atomic E-state index is 12.4. The smallest absolute Gasteiger partial charge is 0.234 e. The Hall–Kier alpha value is -2.36. The molecule has 7 nitrogen and oxygen atoms in total. The number of aromatic nitrogens is 3. The van der Waals surface area contributed by atoms with Gasteiger partial charge in [-0.3, -0.25) is 9.36 Å². The summed E-state index contributed by atoms with van der Waals surface area (Å²) in [6, 6.07) is 11.3. The minimum atomic E-state index is -0.104. The molecule has 0 radical (unpaired) electrons. The van der Waals surface area contributed by atoms with Crippen molar-refractivity contribution in [3.63, 3.8) is 0 Å². The fourth-order valence-corrected chi connectivity index (χ4v) is 4.63. The Morgan fingerprint density at radius 2 is 2.31 bits per heavy atom. The molecule has 1 amide bonds. The molecule has 1 aliphatic rings. The molecule has 1 aliphatic heterocycles. The van der Waals surface area contributed by atoms with Crippen LogP contribution in [0.4, 0.5) is 5.69 Å². The predicted octanol–water partition coefficient (Wildman–Crippen LogP) is 3.93. The molecule has 0 aliphatic carbocycles. The van der Waals surface area contributed by atoms with Crippen LogP contribution in [0, 0.1) is 0 Å². The molecular formula is C20H22N4O3S2. The van der Waals surface area contributed by atoms with Crippen molar-refractivity contribution in [2.45, 2.75) is 30.6 Å². The summed E-state index contributed by atoms with van der Waals surface area (Å²) in [7, 11) is 1.60. The van der Waals surface area contributed by atoms with Crippen LogP contribution in [0.2, 0.25) is 0 Å². The molecule has 9 heteroatoms. The number of anilines is 1. The maximum Gasteiger partial charge on any atom is 0.234 e. The number of benzene rings is 1. The lowest BCUT2D eigenvalue weighted by atomic mass is 10.2. The van der Waals surface area contributed by atoms with Gasteiger partial charge in [-0.1, -0.05) is 23.9 Å². The van der Waals surface area contributed by atoms with E-state index in [0.29, 0.717) is 18.0 Å². The molecule has 2 aromatic heterocycles. The zero-order chi connectivity index (χ0) is 20.1. The van der Waals surface area contributed by atoms with E-state index >= 15 is 0 Å². The molecular weight excluding hydrogens is 408 g/mol. The van der Waals surface area contributed by atoms with Gasteiger partial charge in [0.1, 0.15) is 5.75 Å². The second kappa shape index (κ2) is 9.43. The van der Waals surface area contributed by atoms with Gasteiger partial charge < -0.3 is 14.8 Å². The van der Waals surface area contributed by atoms with E-state index in [0.717, 1.165) is 35.3 Å². The third-order valence-corrected chi connectivity index (χ3v) is 6.39. The van der Waals surface area contributed by atoms with E-state index in [1.807, 2.05) is 35.7 Å². The highest BCUT2D eigenvalue weighted by Crippen LogP contribution is 2.29. The molecule has 1 atom stereocenters.